The van der Waals surface area contributed by atoms with Gasteiger partial charge in [-0.1, -0.05) is 30.3 Å². The highest BCUT2D eigenvalue weighted by Crippen LogP contribution is 2.14. The molecule has 0 radical (unpaired) electrons. The lowest BCUT2D eigenvalue weighted by atomic mass is 10.2. The highest BCUT2D eigenvalue weighted by molar-refractivity contribution is 5.82. The molecule has 2 aromatic rings. The summed E-state index contributed by atoms with van der Waals surface area (Å²) in [6.45, 7) is 2.64. The van der Waals surface area contributed by atoms with E-state index in [1.54, 1.807) is 4.90 Å². The Hall–Kier alpha value is -3.47. The zero-order chi connectivity index (χ0) is 22.1. The maximum absolute atomic E-state index is 12.1. The third-order valence-corrected chi connectivity index (χ3v) is 4.40. The molecule has 2 N–H and O–H groups in total. The van der Waals surface area contributed by atoms with Crippen molar-refractivity contribution in [3.8, 4) is 0 Å². The van der Waals surface area contributed by atoms with Crippen LogP contribution in [-0.4, -0.2) is 73.9 Å². The second-order valence-electron chi connectivity index (χ2n) is 7.04. The number of nitrogens with zero attached hydrogens (tertiary/aromatic N) is 5. The number of amides is 2. The van der Waals surface area contributed by atoms with E-state index in [-0.39, 0.29) is 25.6 Å². The van der Waals surface area contributed by atoms with Gasteiger partial charge in [-0.3, -0.25) is 4.79 Å². The monoisotopic (exact) mass is 429 g/mol. The molecule has 2 amide bonds. The van der Waals surface area contributed by atoms with Crippen LogP contribution < -0.4 is 20.4 Å². The first-order chi connectivity index (χ1) is 15.0. The van der Waals surface area contributed by atoms with Gasteiger partial charge in [0.15, 0.2) is 5.82 Å². The standard InChI is InChI=1S/C20H27N7O4/c1-26(2)18-23-16(24-19(25-18)27-8-10-30-11-9-27)12-21-17(28)13-22-20(29)31-14-15-6-4-3-5-7-15/h3-7H,8-14H2,1-2H3,(H,21,28)(H,22,29). The van der Waals surface area contributed by atoms with Gasteiger partial charge < -0.3 is 29.9 Å². The Balaban J connectivity index is 1.48. The average molecular weight is 429 g/mol. The topological polar surface area (TPSA) is 122 Å². The fourth-order valence-corrected chi connectivity index (χ4v) is 2.75. The predicted molar refractivity (Wildman–Crippen MR) is 114 cm³/mol. The number of anilines is 2. The van der Waals surface area contributed by atoms with Gasteiger partial charge >= 0.3 is 6.09 Å². The summed E-state index contributed by atoms with van der Waals surface area (Å²) in [6, 6.07) is 9.30. The fraction of sp³-hybridized carbons (Fsp3) is 0.450. The average Bonchev–Trinajstić information content (AvgIpc) is 2.81. The van der Waals surface area contributed by atoms with E-state index < -0.39 is 6.09 Å². The molecule has 11 heteroatoms. The molecule has 0 bridgehead atoms. The molecule has 1 aliphatic heterocycles. The van der Waals surface area contributed by atoms with E-state index in [1.807, 2.05) is 49.3 Å². The van der Waals surface area contributed by atoms with Crippen LogP contribution >= 0.6 is 0 Å². The molecule has 11 nitrogen and oxygen atoms in total. The van der Waals surface area contributed by atoms with Gasteiger partial charge in [0.2, 0.25) is 17.8 Å². The molecular weight excluding hydrogens is 402 g/mol. The molecule has 0 atom stereocenters. The van der Waals surface area contributed by atoms with Crippen LogP contribution in [0.15, 0.2) is 30.3 Å². The van der Waals surface area contributed by atoms with E-state index in [9.17, 15) is 9.59 Å². The normalized spacial score (nSPS) is 13.4. The van der Waals surface area contributed by atoms with Gasteiger partial charge in [-0.15, -0.1) is 0 Å². The van der Waals surface area contributed by atoms with Crippen molar-refractivity contribution in [1.29, 1.82) is 0 Å². The number of rotatable bonds is 8. The van der Waals surface area contributed by atoms with E-state index in [1.165, 1.54) is 0 Å². The predicted octanol–water partition coefficient (Wildman–Crippen LogP) is 0.317. The first-order valence-electron chi connectivity index (χ1n) is 9.97. The number of carbonyl (C=O) groups excluding carboxylic acids is 2. The number of alkyl carbamates (subject to hydrolysis) is 1. The van der Waals surface area contributed by atoms with E-state index in [0.717, 1.165) is 5.56 Å². The molecule has 1 saturated heterocycles. The first kappa shape index (κ1) is 22.2. The minimum atomic E-state index is -0.663. The van der Waals surface area contributed by atoms with Gasteiger partial charge in [0.05, 0.1) is 19.8 Å². The van der Waals surface area contributed by atoms with Crippen molar-refractivity contribution in [2.75, 3.05) is 56.7 Å². The van der Waals surface area contributed by atoms with Crippen LogP contribution in [0.3, 0.4) is 0 Å². The third-order valence-electron chi connectivity index (χ3n) is 4.40. The lowest BCUT2D eigenvalue weighted by molar-refractivity contribution is -0.120. The van der Waals surface area contributed by atoms with Crippen molar-refractivity contribution in [1.82, 2.24) is 25.6 Å². The van der Waals surface area contributed by atoms with Crippen molar-refractivity contribution in [2.24, 2.45) is 0 Å². The van der Waals surface area contributed by atoms with Crippen LogP contribution in [0.2, 0.25) is 0 Å². The zero-order valence-electron chi connectivity index (χ0n) is 17.7. The smallest absolute Gasteiger partial charge is 0.407 e. The summed E-state index contributed by atoms with van der Waals surface area (Å²) in [6.07, 6.45) is -0.663. The minimum absolute atomic E-state index is 0.111. The Morgan fingerprint density at radius 3 is 2.55 bits per heavy atom. The number of carbonyl (C=O) groups is 2. The fourth-order valence-electron chi connectivity index (χ4n) is 2.75. The Morgan fingerprint density at radius 2 is 1.84 bits per heavy atom. The van der Waals surface area contributed by atoms with Crippen LogP contribution in [0, 0.1) is 0 Å². The summed E-state index contributed by atoms with van der Waals surface area (Å²) < 4.78 is 10.5. The Morgan fingerprint density at radius 1 is 1.10 bits per heavy atom. The Labute approximate surface area is 180 Å². The zero-order valence-corrected chi connectivity index (χ0v) is 17.7. The lowest BCUT2D eigenvalue weighted by Crippen LogP contribution is -2.39. The molecule has 1 aromatic heterocycles. The number of ether oxygens (including phenoxy) is 2. The molecule has 3 rings (SSSR count). The van der Waals surface area contributed by atoms with E-state index in [4.69, 9.17) is 9.47 Å². The van der Waals surface area contributed by atoms with Crippen molar-refractivity contribution in [3.05, 3.63) is 41.7 Å². The first-order valence-corrected chi connectivity index (χ1v) is 9.97. The summed E-state index contributed by atoms with van der Waals surface area (Å²) in [5.41, 5.74) is 0.865. The van der Waals surface area contributed by atoms with Crippen LogP contribution in [0.1, 0.15) is 11.4 Å². The van der Waals surface area contributed by atoms with E-state index in [2.05, 4.69) is 25.6 Å². The second-order valence-corrected chi connectivity index (χ2v) is 7.04. The van der Waals surface area contributed by atoms with Gasteiger partial charge in [0.1, 0.15) is 13.2 Å². The van der Waals surface area contributed by atoms with Crippen LogP contribution in [0.25, 0.3) is 0 Å². The number of benzene rings is 1. The molecule has 1 fully saturated rings. The van der Waals surface area contributed by atoms with Crippen molar-refractivity contribution in [3.63, 3.8) is 0 Å². The van der Waals surface area contributed by atoms with Crippen molar-refractivity contribution >= 4 is 23.9 Å². The van der Waals surface area contributed by atoms with Crippen LogP contribution in [0.5, 0.6) is 0 Å². The number of morpholine rings is 1. The van der Waals surface area contributed by atoms with Crippen molar-refractivity contribution < 1.29 is 19.1 Å². The number of nitrogens with one attached hydrogen (secondary N) is 2. The van der Waals surface area contributed by atoms with Gasteiger partial charge in [-0.25, -0.2) is 4.79 Å². The summed E-state index contributed by atoms with van der Waals surface area (Å²) in [5, 5.41) is 5.13. The molecule has 1 aromatic carbocycles. The largest absolute Gasteiger partial charge is 0.445 e. The maximum Gasteiger partial charge on any atom is 0.407 e. The second kappa shape index (κ2) is 11.1. The Bertz CT molecular complexity index is 873. The Kier molecular flexibility index (Phi) is 7.93. The van der Waals surface area contributed by atoms with Crippen molar-refractivity contribution in [2.45, 2.75) is 13.2 Å². The maximum atomic E-state index is 12.1. The van der Waals surface area contributed by atoms with Gasteiger partial charge in [0, 0.05) is 27.2 Å². The van der Waals surface area contributed by atoms with E-state index >= 15 is 0 Å². The summed E-state index contributed by atoms with van der Waals surface area (Å²) in [4.78, 5) is 41.0. The highest BCUT2D eigenvalue weighted by Gasteiger charge is 2.17. The molecule has 0 unspecified atom stereocenters. The number of hydrogen-bond donors (Lipinski definition) is 2. The highest BCUT2D eigenvalue weighted by atomic mass is 16.5. The van der Waals surface area contributed by atoms with Gasteiger partial charge in [-0.2, -0.15) is 15.0 Å². The number of aromatic nitrogens is 3. The molecular formula is C20H27N7O4. The van der Waals surface area contributed by atoms with Gasteiger partial charge in [0.25, 0.3) is 0 Å². The summed E-state index contributed by atoms with van der Waals surface area (Å²) >= 11 is 0. The summed E-state index contributed by atoms with van der Waals surface area (Å²) in [7, 11) is 3.68. The molecule has 0 saturated carbocycles. The van der Waals surface area contributed by atoms with Crippen LogP contribution in [-0.2, 0) is 27.4 Å². The molecule has 31 heavy (non-hydrogen) atoms. The third kappa shape index (κ3) is 7.07. The molecule has 1 aliphatic rings. The minimum Gasteiger partial charge on any atom is -0.445 e. The van der Waals surface area contributed by atoms with Crippen LogP contribution in [0.4, 0.5) is 16.7 Å². The SMILES string of the molecule is CN(C)c1nc(CNC(=O)CNC(=O)OCc2ccccc2)nc(N2CCOCC2)n1. The molecule has 2 heterocycles. The van der Waals surface area contributed by atoms with E-state index in [0.29, 0.717) is 44.0 Å². The molecule has 166 valence electrons. The van der Waals surface area contributed by atoms with Gasteiger partial charge in [-0.05, 0) is 5.56 Å². The summed E-state index contributed by atoms with van der Waals surface area (Å²) in [5.74, 6) is 1.11. The quantitative estimate of drug-likeness (QED) is 0.611. The lowest BCUT2D eigenvalue weighted by Gasteiger charge is -2.27. The number of hydrogen-bond acceptors (Lipinski definition) is 9. The molecule has 0 aliphatic carbocycles. The molecule has 0 spiro atoms.